The van der Waals surface area contributed by atoms with Crippen molar-refractivity contribution in [2.24, 2.45) is 0 Å². The van der Waals surface area contributed by atoms with Gasteiger partial charge in [-0.05, 0) is 60.0 Å². The molecule has 3 aromatic carbocycles. The molecule has 0 saturated carbocycles. The molecule has 8 heteroatoms. The molecule has 0 aliphatic carbocycles. The number of hydrogen-bond acceptors (Lipinski definition) is 4. The Hall–Kier alpha value is -3.39. The number of benzene rings is 3. The zero-order valence-corrected chi connectivity index (χ0v) is 21.8. The van der Waals surface area contributed by atoms with E-state index in [1.54, 1.807) is 0 Å². The summed E-state index contributed by atoms with van der Waals surface area (Å²) < 4.78 is 39.8. The molecule has 4 aromatic rings. The third-order valence-corrected chi connectivity index (χ3v) is 7.59. The van der Waals surface area contributed by atoms with Crippen LogP contribution >= 0.6 is 11.6 Å². The predicted octanol–water partition coefficient (Wildman–Crippen LogP) is 6.64. The second-order valence-corrected chi connectivity index (χ2v) is 10.3. The number of piperazine rings is 1. The lowest BCUT2D eigenvalue weighted by Crippen LogP contribution is -2.45. The summed E-state index contributed by atoms with van der Waals surface area (Å²) in [6.45, 7) is 7.41. The van der Waals surface area contributed by atoms with Gasteiger partial charge >= 0.3 is 0 Å². The summed E-state index contributed by atoms with van der Waals surface area (Å²) >= 11 is 6.12. The predicted molar refractivity (Wildman–Crippen MR) is 144 cm³/mol. The third kappa shape index (κ3) is 5.01. The van der Waals surface area contributed by atoms with Gasteiger partial charge in [-0.15, -0.1) is 0 Å². The van der Waals surface area contributed by atoms with Crippen LogP contribution in [-0.4, -0.2) is 47.8 Å². The number of nitrogens with zero attached hydrogens (tertiary/aromatic N) is 2. The minimum Gasteiger partial charge on any atom is -0.454 e. The lowest BCUT2D eigenvalue weighted by molar-refractivity contribution is 0.122. The molecule has 0 atom stereocenters. The van der Waals surface area contributed by atoms with Crippen LogP contribution in [0.5, 0.6) is 11.5 Å². The molecular weight excluding hydrogens is 508 g/mol. The van der Waals surface area contributed by atoms with E-state index in [-0.39, 0.29) is 6.79 Å². The smallest absolute Gasteiger partial charge is 0.231 e. The second-order valence-electron chi connectivity index (χ2n) is 9.85. The largest absolute Gasteiger partial charge is 0.454 e. The van der Waals surface area contributed by atoms with Gasteiger partial charge in [0.1, 0.15) is 11.6 Å². The molecule has 5 nitrogen and oxygen atoms in total. The monoisotopic (exact) mass is 535 g/mol. The van der Waals surface area contributed by atoms with Crippen LogP contribution in [0.3, 0.4) is 0 Å². The Morgan fingerprint density at radius 2 is 1.55 bits per heavy atom. The van der Waals surface area contributed by atoms with Crippen molar-refractivity contribution < 1.29 is 18.3 Å². The molecule has 0 bridgehead atoms. The van der Waals surface area contributed by atoms with E-state index in [9.17, 15) is 4.39 Å². The summed E-state index contributed by atoms with van der Waals surface area (Å²) in [6, 6.07) is 17.4. The third-order valence-electron chi connectivity index (χ3n) is 7.34. The summed E-state index contributed by atoms with van der Waals surface area (Å²) in [5.41, 5.74) is 6.05. The molecule has 2 aliphatic rings. The highest BCUT2D eigenvalue weighted by Gasteiger charge is 2.25. The van der Waals surface area contributed by atoms with Gasteiger partial charge in [0.15, 0.2) is 11.5 Å². The van der Waals surface area contributed by atoms with Crippen molar-refractivity contribution in [2.75, 3.05) is 33.0 Å². The van der Waals surface area contributed by atoms with Crippen LogP contribution in [0, 0.1) is 18.6 Å². The van der Waals surface area contributed by atoms with Crippen LogP contribution in [0.25, 0.3) is 22.4 Å². The summed E-state index contributed by atoms with van der Waals surface area (Å²) in [4.78, 5) is 8.30. The van der Waals surface area contributed by atoms with E-state index < -0.39 is 11.6 Å². The van der Waals surface area contributed by atoms with E-state index in [0.717, 1.165) is 78.4 Å². The molecule has 1 fully saturated rings. The van der Waals surface area contributed by atoms with Gasteiger partial charge in [-0.25, -0.2) is 8.78 Å². The molecular formula is C30H28ClF2N3O2. The molecule has 1 N–H and O–H groups in total. The molecule has 196 valence electrons. The maximum Gasteiger partial charge on any atom is 0.231 e. The fourth-order valence-electron chi connectivity index (χ4n) is 5.31. The van der Waals surface area contributed by atoms with Crippen molar-refractivity contribution in [2.45, 2.75) is 20.0 Å². The summed E-state index contributed by atoms with van der Waals surface area (Å²) in [6.07, 6.45) is 0. The Morgan fingerprint density at radius 1 is 0.842 bits per heavy atom. The number of H-pyrrole nitrogens is 1. The first-order valence-electron chi connectivity index (χ1n) is 12.7. The molecule has 0 spiro atoms. The van der Waals surface area contributed by atoms with E-state index in [1.807, 2.05) is 37.3 Å². The Kier molecular flexibility index (Phi) is 6.82. The number of nitrogens with one attached hydrogen (secondary N) is 1. The van der Waals surface area contributed by atoms with Crippen LogP contribution in [0.15, 0.2) is 60.7 Å². The van der Waals surface area contributed by atoms with E-state index >= 15 is 4.39 Å². The first-order chi connectivity index (χ1) is 18.4. The zero-order chi connectivity index (χ0) is 26.2. The Morgan fingerprint density at radius 3 is 2.29 bits per heavy atom. The van der Waals surface area contributed by atoms with Gasteiger partial charge in [0.25, 0.3) is 0 Å². The van der Waals surface area contributed by atoms with Crippen molar-refractivity contribution in [3.8, 4) is 33.9 Å². The highest BCUT2D eigenvalue weighted by molar-refractivity contribution is 6.30. The molecule has 0 unspecified atom stereocenters. The summed E-state index contributed by atoms with van der Waals surface area (Å²) in [5, 5.41) is 0.630. The van der Waals surface area contributed by atoms with Crippen LogP contribution in [0.4, 0.5) is 8.78 Å². The molecule has 3 heterocycles. The minimum absolute atomic E-state index is 0.277. The number of rotatable bonds is 6. The fourth-order valence-corrected chi connectivity index (χ4v) is 5.44. The van der Waals surface area contributed by atoms with Crippen molar-refractivity contribution in [1.82, 2.24) is 14.8 Å². The van der Waals surface area contributed by atoms with Crippen molar-refractivity contribution in [1.29, 1.82) is 0 Å². The number of fused-ring (bicyclic) bond motifs is 1. The average molecular weight is 536 g/mol. The van der Waals surface area contributed by atoms with Crippen molar-refractivity contribution >= 4 is 11.6 Å². The van der Waals surface area contributed by atoms with E-state index in [4.69, 9.17) is 21.1 Å². The summed E-state index contributed by atoms with van der Waals surface area (Å²) in [7, 11) is 0. The minimum atomic E-state index is -0.591. The maximum atomic E-state index is 15.1. The lowest BCUT2D eigenvalue weighted by Gasteiger charge is -2.35. The van der Waals surface area contributed by atoms with Crippen LogP contribution in [0.1, 0.15) is 16.8 Å². The molecule has 2 aliphatic heterocycles. The van der Waals surface area contributed by atoms with Gasteiger partial charge in [-0.3, -0.25) is 9.80 Å². The standard InChI is InChI=1S/C30H28ClF2N3O2/c1-19-25(17-36-12-10-35(11-13-36)16-20-2-9-27-28(14-20)38-18-37-27)29(24-8-7-23(32)15-26(24)33)30(34-19)21-3-5-22(31)6-4-21/h2-9,14-15,34H,10-13,16-18H2,1H3. The highest BCUT2D eigenvalue weighted by atomic mass is 35.5. The average Bonchev–Trinajstić information content (AvgIpc) is 3.50. The molecule has 38 heavy (non-hydrogen) atoms. The number of aromatic amines is 1. The van der Waals surface area contributed by atoms with Crippen LogP contribution in [-0.2, 0) is 13.1 Å². The van der Waals surface area contributed by atoms with Gasteiger partial charge in [0.2, 0.25) is 6.79 Å². The molecule has 1 aromatic heterocycles. The molecule has 6 rings (SSSR count). The first kappa shape index (κ1) is 24.9. The van der Waals surface area contributed by atoms with Crippen LogP contribution < -0.4 is 9.47 Å². The zero-order valence-electron chi connectivity index (χ0n) is 21.1. The maximum absolute atomic E-state index is 15.1. The number of hydrogen-bond donors (Lipinski definition) is 1. The van der Waals surface area contributed by atoms with Gasteiger partial charge in [-0.1, -0.05) is 29.8 Å². The van der Waals surface area contributed by atoms with Gasteiger partial charge in [0, 0.05) is 67.2 Å². The van der Waals surface area contributed by atoms with Crippen LogP contribution in [0.2, 0.25) is 5.02 Å². The fraction of sp³-hybridized carbons (Fsp3) is 0.267. The van der Waals surface area contributed by atoms with E-state index in [2.05, 4.69) is 26.9 Å². The van der Waals surface area contributed by atoms with Gasteiger partial charge in [0.05, 0.1) is 5.69 Å². The quantitative estimate of drug-likeness (QED) is 0.301. The Labute approximate surface area is 225 Å². The number of aryl methyl sites for hydroxylation is 1. The Bertz CT molecular complexity index is 1460. The Balaban J connectivity index is 1.23. The topological polar surface area (TPSA) is 40.7 Å². The van der Waals surface area contributed by atoms with Crippen molar-refractivity contribution in [3.63, 3.8) is 0 Å². The molecule has 0 amide bonds. The normalized spacial score (nSPS) is 15.8. The van der Waals surface area contributed by atoms with Gasteiger partial charge < -0.3 is 14.5 Å². The van der Waals surface area contributed by atoms with Gasteiger partial charge in [-0.2, -0.15) is 0 Å². The van der Waals surface area contributed by atoms with E-state index in [0.29, 0.717) is 17.1 Å². The number of ether oxygens (including phenoxy) is 2. The highest BCUT2D eigenvalue weighted by Crippen LogP contribution is 2.39. The van der Waals surface area contributed by atoms with Crippen molar-refractivity contribution in [3.05, 3.63) is 94.1 Å². The van der Waals surface area contributed by atoms with E-state index in [1.165, 1.54) is 17.7 Å². The number of halogens is 3. The SMILES string of the molecule is Cc1[nH]c(-c2ccc(Cl)cc2)c(-c2ccc(F)cc2F)c1CN1CCN(Cc2ccc3c(c2)OCO3)CC1. The first-order valence-corrected chi connectivity index (χ1v) is 13.1. The summed E-state index contributed by atoms with van der Waals surface area (Å²) in [5.74, 6) is 0.439. The second kappa shape index (κ2) is 10.4. The lowest BCUT2D eigenvalue weighted by atomic mass is 9.96. The number of aromatic nitrogens is 1. The molecule has 1 saturated heterocycles. The molecule has 0 radical (unpaired) electrons.